The summed E-state index contributed by atoms with van der Waals surface area (Å²) in [6, 6.07) is 7.82. The number of alkyl halides is 9. The third-order valence-electron chi connectivity index (χ3n) is 5.59. The Morgan fingerprint density at radius 2 is 1.07 bits per heavy atom. The van der Waals surface area contributed by atoms with Gasteiger partial charge < -0.3 is 19.9 Å². The number of nitrogens with one attached hydrogen (secondary N) is 1. The van der Waals surface area contributed by atoms with Gasteiger partial charge in [0.15, 0.2) is 0 Å². The van der Waals surface area contributed by atoms with Crippen LogP contribution in [-0.2, 0) is 37.6 Å². The first-order valence-electron chi connectivity index (χ1n) is 11.8. The van der Waals surface area contributed by atoms with E-state index in [0.717, 1.165) is 42.5 Å². The number of amides is 1. The highest BCUT2D eigenvalue weighted by molar-refractivity contribution is 6.02. The van der Waals surface area contributed by atoms with Gasteiger partial charge in [-0.1, -0.05) is 24.3 Å². The first-order chi connectivity index (χ1) is 20.3. The smallest absolute Gasteiger partial charge is 0.418 e. The molecule has 17 heteroatoms. The molecule has 0 spiro atoms. The van der Waals surface area contributed by atoms with Gasteiger partial charge in [-0.2, -0.15) is 39.5 Å². The van der Waals surface area contributed by atoms with Gasteiger partial charge in [-0.15, -0.1) is 0 Å². The Morgan fingerprint density at radius 3 is 1.50 bits per heavy atom. The zero-order chi connectivity index (χ0) is 33.0. The molecule has 0 radical (unpaired) electrons. The number of ether oxygens (including phenoxy) is 2. The summed E-state index contributed by atoms with van der Waals surface area (Å²) in [5, 5.41) is 11.4. The minimum absolute atomic E-state index is 0.251. The van der Waals surface area contributed by atoms with Crippen LogP contribution < -0.4 is 5.32 Å². The zero-order valence-electron chi connectivity index (χ0n) is 21.4. The summed E-state index contributed by atoms with van der Waals surface area (Å²) < 4.78 is 128. The van der Waals surface area contributed by atoms with Crippen molar-refractivity contribution < 1.29 is 73.3 Å². The summed E-state index contributed by atoms with van der Waals surface area (Å²) in [5.74, 6) is -7.73. The maximum atomic E-state index is 13.5. The summed E-state index contributed by atoms with van der Waals surface area (Å²) in [7, 11) is 0. The molecule has 0 heterocycles. The number of hydrogen-bond donors (Lipinski definition) is 2. The van der Waals surface area contributed by atoms with E-state index in [0.29, 0.717) is 18.2 Å². The van der Waals surface area contributed by atoms with E-state index in [-0.39, 0.29) is 12.1 Å². The zero-order valence-corrected chi connectivity index (χ0v) is 21.4. The first kappa shape index (κ1) is 33.4. The average molecular weight is 637 g/mol. The van der Waals surface area contributed by atoms with Crippen molar-refractivity contribution in [1.82, 2.24) is 0 Å². The van der Waals surface area contributed by atoms with Gasteiger partial charge >= 0.3 is 36.4 Å². The van der Waals surface area contributed by atoms with Gasteiger partial charge in [0, 0.05) is 0 Å². The number of rotatable bonds is 8. The minimum atomic E-state index is -5.07. The number of esters is 2. The number of carbonyl (C=O) groups is 4. The van der Waals surface area contributed by atoms with Crippen molar-refractivity contribution in [2.24, 2.45) is 0 Å². The Bertz CT molecular complexity index is 1570. The van der Waals surface area contributed by atoms with Crippen LogP contribution in [0, 0.1) is 0 Å². The van der Waals surface area contributed by atoms with Crippen molar-refractivity contribution in [2.75, 3.05) is 5.32 Å². The van der Waals surface area contributed by atoms with Crippen LogP contribution in [0.25, 0.3) is 0 Å². The summed E-state index contributed by atoms with van der Waals surface area (Å²) in [6.45, 7) is 0. The summed E-state index contributed by atoms with van der Waals surface area (Å²) in [6.07, 6.45) is -20.8. The molecule has 0 unspecified atom stereocenters. The molecule has 3 aromatic rings. The molecule has 3 rings (SSSR count). The lowest BCUT2D eigenvalue weighted by Gasteiger charge is -2.24. The second-order valence-electron chi connectivity index (χ2n) is 8.68. The maximum Gasteiger partial charge on any atom is 0.418 e. The van der Waals surface area contributed by atoms with Gasteiger partial charge in [0.05, 0.1) is 33.5 Å². The van der Waals surface area contributed by atoms with Gasteiger partial charge in [-0.3, -0.25) is 4.79 Å². The molecule has 1 amide bonds. The SMILES string of the molecule is O=C(O[C@H](C(=O)O)[C@H](OC(=O)c1cccc(C(F)(F)F)c1)C(=O)Nc1ccccc1C(F)(F)F)c1cccc(C(F)(F)F)c1. The van der Waals surface area contributed by atoms with Crippen LogP contribution >= 0.6 is 0 Å². The van der Waals surface area contributed by atoms with Crippen LogP contribution in [0.1, 0.15) is 37.4 Å². The quantitative estimate of drug-likeness (QED) is 0.223. The molecule has 0 aliphatic heterocycles. The maximum absolute atomic E-state index is 13.5. The van der Waals surface area contributed by atoms with Gasteiger partial charge in [0.25, 0.3) is 5.91 Å². The Morgan fingerprint density at radius 1 is 0.614 bits per heavy atom. The second kappa shape index (κ2) is 12.6. The number of benzene rings is 3. The van der Waals surface area contributed by atoms with Crippen LogP contribution in [-0.4, -0.2) is 41.1 Å². The van der Waals surface area contributed by atoms with Gasteiger partial charge in [-0.05, 0) is 48.5 Å². The van der Waals surface area contributed by atoms with E-state index in [1.54, 1.807) is 5.32 Å². The fourth-order valence-electron chi connectivity index (χ4n) is 3.55. The molecule has 0 saturated heterocycles. The van der Waals surface area contributed by atoms with Gasteiger partial charge in [0.2, 0.25) is 12.2 Å². The highest BCUT2D eigenvalue weighted by Crippen LogP contribution is 2.35. The molecule has 0 fully saturated rings. The predicted molar refractivity (Wildman–Crippen MR) is 129 cm³/mol. The van der Waals surface area contributed by atoms with Crippen molar-refractivity contribution >= 4 is 29.5 Å². The van der Waals surface area contributed by atoms with Crippen LogP contribution in [0.5, 0.6) is 0 Å². The Labute approximate surface area is 240 Å². The second-order valence-corrected chi connectivity index (χ2v) is 8.68. The molecule has 0 bridgehead atoms. The van der Waals surface area contributed by atoms with Crippen LogP contribution in [0.15, 0.2) is 72.8 Å². The van der Waals surface area contributed by atoms with Crippen molar-refractivity contribution in [2.45, 2.75) is 30.7 Å². The first-order valence-corrected chi connectivity index (χ1v) is 11.8. The van der Waals surface area contributed by atoms with Crippen LogP contribution in [0.4, 0.5) is 45.2 Å². The minimum Gasteiger partial charge on any atom is -0.478 e. The van der Waals surface area contributed by atoms with Crippen molar-refractivity contribution in [1.29, 1.82) is 0 Å². The van der Waals surface area contributed by atoms with E-state index in [1.807, 2.05) is 0 Å². The lowest BCUT2D eigenvalue weighted by molar-refractivity contribution is -0.157. The lowest BCUT2D eigenvalue weighted by atomic mass is 10.1. The largest absolute Gasteiger partial charge is 0.478 e. The molecule has 8 nitrogen and oxygen atoms in total. The molecular weight excluding hydrogens is 621 g/mol. The van der Waals surface area contributed by atoms with Gasteiger partial charge in [0.1, 0.15) is 0 Å². The fraction of sp³-hybridized carbons (Fsp3) is 0.185. The van der Waals surface area contributed by atoms with Crippen LogP contribution in [0.3, 0.4) is 0 Å². The third kappa shape index (κ3) is 8.26. The van der Waals surface area contributed by atoms with Crippen molar-refractivity contribution in [3.05, 3.63) is 101 Å². The number of para-hydroxylation sites is 1. The molecule has 0 aliphatic carbocycles. The number of aliphatic carboxylic acids is 1. The molecule has 3 aromatic carbocycles. The summed E-state index contributed by atoms with van der Waals surface area (Å²) in [4.78, 5) is 50.5. The molecule has 0 aliphatic rings. The molecule has 2 N–H and O–H groups in total. The van der Waals surface area contributed by atoms with E-state index in [1.165, 1.54) is 0 Å². The van der Waals surface area contributed by atoms with E-state index in [9.17, 15) is 63.8 Å². The number of carboxylic acids is 1. The number of hydrogen-bond acceptors (Lipinski definition) is 6. The normalized spacial score (nSPS) is 13.4. The fourth-order valence-corrected chi connectivity index (χ4v) is 3.55. The van der Waals surface area contributed by atoms with Gasteiger partial charge in [-0.25, -0.2) is 14.4 Å². The van der Waals surface area contributed by atoms with Crippen molar-refractivity contribution in [3.8, 4) is 0 Å². The Balaban J connectivity index is 2.03. The monoisotopic (exact) mass is 637 g/mol. The predicted octanol–water partition coefficient (Wildman–Crippen LogP) is 6.22. The third-order valence-corrected chi connectivity index (χ3v) is 5.59. The van der Waals surface area contributed by atoms with Crippen LogP contribution in [0.2, 0.25) is 0 Å². The molecule has 0 aromatic heterocycles. The van der Waals surface area contributed by atoms with E-state index in [4.69, 9.17) is 4.74 Å². The molecular formula is C27H16F9NO7. The standard InChI is InChI=1S/C27H16F9NO7/c28-25(29,30)15-7-3-5-13(11-15)23(41)43-19(21(38)37-18-10-2-1-9-17(18)27(34,35)36)20(22(39)40)44-24(42)14-6-4-8-16(12-14)26(31,32)33/h1-12,19-20H,(H,37,38)(H,39,40)/t19-,20-/m0/s1. The Hall–Kier alpha value is -5.09. The average Bonchev–Trinajstić information content (AvgIpc) is 2.93. The summed E-state index contributed by atoms with van der Waals surface area (Å²) in [5.41, 5.74) is -6.98. The molecule has 44 heavy (non-hydrogen) atoms. The number of carboxylic acid groups (broad SMARTS) is 1. The van der Waals surface area contributed by atoms with E-state index >= 15 is 0 Å². The van der Waals surface area contributed by atoms with E-state index in [2.05, 4.69) is 4.74 Å². The highest BCUT2D eigenvalue weighted by Gasteiger charge is 2.43. The highest BCUT2D eigenvalue weighted by atomic mass is 19.4. The lowest BCUT2D eigenvalue weighted by Crippen LogP contribution is -2.48. The van der Waals surface area contributed by atoms with E-state index < -0.39 is 88.1 Å². The van der Waals surface area contributed by atoms with Crippen molar-refractivity contribution in [3.63, 3.8) is 0 Å². The number of anilines is 1. The molecule has 234 valence electrons. The number of halogens is 9. The number of carbonyl (C=O) groups excluding carboxylic acids is 3. The Kier molecular flexibility index (Phi) is 9.60. The topological polar surface area (TPSA) is 119 Å². The molecule has 0 saturated carbocycles. The summed E-state index contributed by atoms with van der Waals surface area (Å²) >= 11 is 0. The molecule has 2 atom stereocenters.